The summed E-state index contributed by atoms with van der Waals surface area (Å²) in [6, 6.07) is 4.68. The first-order valence-corrected chi connectivity index (χ1v) is 8.92. The molecule has 128 valence electrons. The van der Waals surface area contributed by atoms with Crippen molar-refractivity contribution in [1.29, 1.82) is 0 Å². The minimum Gasteiger partial charge on any atom is -0.493 e. The van der Waals surface area contributed by atoms with E-state index in [1.165, 1.54) is 37.1 Å². The molecule has 0 radical (unpaired) electrons. The van der Waals surface area contributed by atoms with E-state index in [0.717, 1.165) is 43.3 Å². The van der Waals surface area contributed by atoms with Crippen molar-refractivity contribution in [2.75, 3.05) is 40.4 Å². The number of nitrogens with one attached hydrogen (secondary N) is 1. The van der Waals surface area contributed by atoms with Crippen LogP contribution in [0.1, 0.15) is 43.4 Å². The summed E-state index contributed by atoms with van der Waals surface area (Å²) in [6.45, 7) is 7.11. The Labute approximate surface area is 140 Å². The van der Waals surface area contributed by atoms with E-state index in [-0.39, 0.29) is 0 Å². The van der Waals surface area contributed by atoms with Crippen molar-refractivity contribution < 1.29 is 9.47 Å². The largest absolute Gasteiger partial charge is 0.493 e. The summed E-state index contributed by atoms with van der Waals surface area (Å²) < 4.78 is 11.0. The maximum absolute atomic E-state index is 5.58. The second kappa shape index (κ2) is 7.54. The number of nitrogens with zero attached hydrogens (tertiary/aromatic N) is 1. The topological polar surface area (TPSA) is 33.7 Å². The Morgan fingerprint density at radius 2 is 1.91 bits per heavy atom. The molecule has 4 heteroatoms. The predicted octanol–water partition coefficient (Wildman–Crippen LogP) is 3.01. The highest BCUT2D eigenvalue weighted by Gasteiger charge is 2.27. The quantitative estimate of drug-likeness (QED) is 0.874. The first kappa shape index (κ1) is 16.6. The van der Waals surface area contributed by atoms with Crippen LogP contribution in [-0.2, 0) is 6.42 Å². The molecule has 23 heavy (non-hydrogen) atoms. The zero-order valence-corrected chi connectivity index (χ0v) is 14.7. The van der Waals surface area contributed by atoms with Gasteiger partial charge in [0.1, 0.15) is 0 Å². The number of methoxy groups -OCH3 is 2. The van der Waals surface area contributed by atoms with Gasteiger partial charge in [-0.05, 0) is 56.3 Å². The maximum atomic E-state index is 5.58. The lowest BCUT2D eigenvalue weighted by atomic mass is 9.99. The minimum absolute atomic E-state index is 0.452. The summed E-state index contributed by atoms with van der Waals surface area (Å²) in [5.41, 5.74) is 2.70. The third kappa shape index (κ3) is 3.64. The van der Waals surface area contributed by atoms with Gasteiger partial charge in [-0.1, -0.05) is 13.0 Å². The molecule has 0 bridgehead atoms. The van der Waals surface area contributed by atoms with Crippen molar-refractivity contribution in [2.45, 2.75) is 38.6 Å². The lowest BCUT2D eigenvalue weighted by Gasteiger charge is -2.30. The van der Waals surface area contributed by atoms with E-state index in [1.54, 1.807) is 14.2 Å². The van der Waals surface area contributed by atoms with Gasteiger partial charge >= 0.3 is 0 Å². The molecule has 1 N–H and O–H groups in total. The van der Waals surface area contributed by atoms with Crippen LogP contribution >= 0.6 is 0 Å². The molecule has 1 fully saturated rings. The lowest BCUT2D eigenvalue weighted by Crippen LogP contribution is -2.38. The fourth-order valence-electron chi connectivity index (χ4n) is 3.93. The number of benzene rings is 1. The Hall–Kier alpha value is -1.26. The molecule has 1 aromatic carbocycles. The molecular weight excluding hydrogens is 288 g/mol. The zero-order chi connectivity index (χ0) is 16.2. The fourth-order valence-corrected chi connectivity index (χ4v) is 3.93. The van der Waals surface area contributed by atoms with Crippen LogP contribution in [0, 0.1) is 5.92 Å². The standard InChI is InChI=1S/C19H30N2O2/c1-14-8-11-21(12-9-14)13-10-20-17-6-4-16-15(17)5-7-18(22-2)19(16)23-3/h5,7,14,17,20H,4,6,8-13H2,1-3H3/t17-/m1/s1. The van der Waals surface area contributed by atoms with Gasteiger partial charge in [0.25, 0.3) is 0 Å². The SMILES string of the molecule is COc1ccc2c(c1OC)CC[C@H]2NCCN1CCC(C)CC1. The zero-order valence-electron chi connectivity index (χ0n) is 14.7. The number of piperidine rings is 1. The second-order valence-corrected chi connectivity index (χ2v) is 6.94. The molecule has 1 aliphatic carbocycles. The van der Waals surface area contributed by atoms with Gasteiger partial charge in [-0.25, -0.2) is 0 Å². The normalized spacial score (nSPS) is 22.1. The third-order valence-electron chi connectivity index (χ3n) is 5.44. The Kier molecular flexibility index (Phi) is 5.44. The smallest absolute Gasteiger partial charge is 0.164 e. The number of rotatable bonds is 6. The van der Waals surface area contributed by atoms with Crippen molar-refractivity contribution in [1.82, 2.24) is 10.2 Å². The van der Waals surface area contributed by atoms with Crippen LogP contribution in [0.15, 0.2) is 12.1 Å². The first-order chi connectivity index (χ1) is 11.2. The molecule has 3 rings (SSSR count). The Morgan fingerprint density at radius 1 is 1.13 bits per heavy atom. The van der Waals surface area contributed by atoms with Gasteiger partial charge in [-0.2, -0.15) is 0 Å². The fraction of sp³-hybridized carbons (Fsp3) is 0.684. The summed E-state index contributed by atoms with van der Waals surface area (Å²) in [7, 11) is 3.44. The minimum atomic E-state index is 0.452. The van der Waals surface area contributed by atoms with E-state index >= 15 is 0 Å². The van der Waals surface area contributed by atoms with Crippen molar-refractivity contribution in [3.63, 3.8) is 0 Å². The summed E-state index contributed by atoms with van der Waals surface area (Å²) >= 11 is 0. The number of fused-ring (bicyclic) bond motifs is 1. The average molecular weight is 318 g/mol. The van der Waals surface area contributed by atoms with Crippen LogP contribution in [0.4, 0.5) is 0 Å². The molecule has 1 atom stereocenters. The van der Waals surface area contributed by atoms with E-state index in [9.17, 15) is 0 Å². The average Bonchev–Trinajstić information content (AvgIpc) is 2.99. The van der Waals surface area contributed by atoms with Gasteiger partial charge < -0.3 is 19.7 Å². The number of hydrogen-bond acceptors (Lipinski definition) is 4. The van der Waals surface area contributed by atoms with Crippen molar-refractivity contribution in [3.05, 3.63) is 23.3 Å². The molecule has 1 saturated heterocycles. The van der Waals surface area contributed by atoms with E-state index < -0.39 is 0 Å². The lowest BCUT2D eigenvalue weighted by molar-refractivity contribution is 0.191. The first-order valence-electron chi connectivity index (χ1n) is 8.92. The highest BCUT2D eigenvalue weighted by atomic mass is 16.5. The Morgan fingerprint density at radius 3 is 2.61 bits per heavy atom. The molecule has 1 aliphatic heterocycles. The molecule has 0 aromatic heterocycles. The Bertz CT molecular complexity index is 524. The monoisotopic (exact) mass is 318 g/mol. The van der Waals surface area contributed by atoms with Crippen LogP contribution in [0.25, 0.3) is 0 Å². The van der Waals surface area contributed by atoms with Crippen LogP contribution < -0.4 is 14.8 Å². The van der Waals surface area contributed by atoms with Gasteiger partial charge in [0.15, 0.2) is 11.5 Å². The van der Waals surface area contributed by atoms with E-state index in [0.29, 0.717) is 6.04 Å². The van der Waals surface area contributed by atoms with Crippen LogP contribution in [0.3, 0.4) is 0 Å². The van der Waals surface area contributed by atoms with Crippen LogP contribution in [0.5, 0.6) is 11.5 Å². The number of hydrogen-bond donors (Lipinski definition) is 1. The van der Waals surface area contributed by atoms with Gasteiger partial charge in [0.2, 0.25) is 0 Å². The second-order valence-electron chi connectivity index (χ2n) is 6.94. The molecule has 2 aliphatic rings. The van der Waals surface area contributed by atoms with Gasteiger partial charge in [-0.15, -0.1) is 0 Å². The number of ether oxygens (including phenoxy) is 2. The highest BCUT2D eigenvalue weighted by molar-refractivity contribution is 5.53. The van der Waals surface area contributed by atoms with Crippen molar-refractivity contribution in [2.24, 2.45) is 5.92 Å². The molecule has 1 aromatic rings. The van der Waals surface area contributed by atoms with Gasteiger partial charge in [-0.3, -0.25) is 0 Å². The number of likely N-dealkylation sites (tertiary alicyclic amines) is 1. The van der Waals surface area contributed by atoms with E-state index in [4.69, 9.17) is 9.47 Å². The van der Waals surface area contributed by atoms with Gasteiger partial charge in [0.05, 0.1) is 14.2 Å². The molecule has 4 nitrogen and oxygen atoms in total. The van der Waals surface area contributed by atoms with E-state index in [2.05, 4.69) is 23.2 Å². The molecule has 0 unspecified atom stereocenters. The third-order valence-corrected chi connectivity index (χ3v) is 5.44. The highest BCUT2D eigenvalue weighted by Crippen LogP contribution is 2.42. The van der Waals surface area contributed by atoms with Crippen LogP contribution in [-0.4, -0.2) is 45.3 Å². The maximum Gasteiger partial charge on any atom is 0.164 e. The summed E-state index contributed by atoms with van der Waals surface area (Å²) in [4.78, 5) is 2.59. The molecule has 0 saturated carbocycles. The molecular formula is C19H30N2O2. The predicted molar refractivity (Wildman–Crippen MR) is 93.4 cm³/mol. The van der Waals surface area contributed by atoms with E-state index in [1.807, 2.05) is 6.07 Å². The van der Waals surface area contributed by atoms with Crippen molar-refractivity contribution in [3.8, 4) is 11.5 Å². The van der Waals surface area contributed by atoms with Gasteiger partial charge in [0, 0.05) is 24.7 Å². The van der Waals surface area contributed by atoms with Crippen LogP contribution in [0.2, 0.25) is 0 Å². The summed E-state index contributed by atoms with van der Waals surface area (Å²) in [5.74, 6) is 2.66. The summed E-state index contributed by atoms with van der Waals surface area (Å²) in [6.07, 6.45) is 4.91. The molecule has 0 spiro atoms. The molecule has 1 heterocycles. The molecule has 0 amide bonds. The summed E-state index contributed by atoms with van der Waals surface area (Å²) in [5, 5.41) is 3.75. The van der Waals surface area contributed by atoms with Crippen molar-refractivity contribution >= 4 is 0 Å². The Balaban J connectivity index is 1.56.